The van der Waals surface area contributed by atoms with E-state index in [1.807, 2.05) is 32.0 Å². The molecule has 0 bridgehead atoms. The molecule has 2 amide bonds. The minimum atomic E-state index is -0.112. The quantitative estimate of drug-likeness (QED) is 0.808. The van der Waals surface area contributed by atoms with Crippen LogP contribution in [-0.4, -0.2) is 36.9 Å². The fraction of sp³-hybridized carbons (Fsp3) is 0.529. The Kier molecular flexibility index (Phi) is 6.40. The fourth-order valence-electron chi connectivity index (χ4n) is 2.25. The Morgan fingerprint density at radius 1 is 1.19 bits per heavy atom. The second kappa shape index (κ2) is 7.81. The summed E-state index contributed by atoms with van der Waals surface area (Å²) in [7, 11) is 1.79. The number of anilines is 1. The average Bonchev–Trinajstić information content (AvgIpc) is 2.42. The van der Waals surface area contributed by atoms with Crippen molar-refractivity contribution in [1.29, 1.82) is 0 Å². The highest BCUT2D eigenvalue weighted by Gasteiger charge is 2.19. The van der Waals surface area contributed by atoms with Crippen LogP contribution < -0.4 is 4.90 Å². The molecule has 0 N–H and O–H groups in total. The standard InChI is InChI=1S/C17H26N2O2/c1-6-7-10-18(5)17(21)12-19(15(4)20)16-9-8-13(2)11-14(16)3/h8-9,11H,6-7,10,12H2,1-5H3. The minimum absolute atomic E-state index is 0.0291. The summed E-state index contributed by atoms with van der Waals surface area (Å²) >= 11 is 0. The summed E-state index contributed by atoms with van der Waals surface area (Å²) in [6.45, 7) is 8.39. The number of benzene rings is 1. The van der Waals surface area contributed by atoms with E-state index in [1.54, 1.807) is 16.8 Å². The zero-order chi connectivity index (χ0) is 16.0. The smallest absolute Gasteiger partial charge is 0.242 e. The number of likely N-dealkylation sites (N-methyl/N-ethyl adjacent to an activating group) is 1. The van der Waals surface area contributed by atoms with E-state index < -0.39 is 0 Å². The maximum atomic E-state index is 12.2. The molecule has 0 aliphatic carbocycles. The molecule has 1 rings (SSSR count). The highest BCUT2D eigenvalue weighted by atomic mass is 16.2. The summed E-state index contributed by atoms with van der Waals surface area (Å²) in [6.07, 6.45) is 2.02. The minimum Gasteiger partial charge on any atom is -0.344 e. The number of unbranched alkanes of at least 4 members (excludes halogenated alkanes) is 1. The monoisotopic (exact) mass is 290 g/mol. The van der Waals surface area contributed by atoms with Crippen molar-refractivity contribution >= 4 is 17.5 Å². The highest BCUT2D eigenvalue weighted by molar-refractivity contribution is 5.98. The molecule has 0 saturated carbocycles. The molecular weight excluding hydrogens is 264 g/mol. The molecule has 0 aliphatic rings. The first-order chi connectivity index (χ1) is 9.86. The fourth-order valence-corrected chi connectivity index (χ4v) is 2.25. The second-order valence-electron chi connectivity index (χ2n) is 5.56. The lowest BCUT2D eigenvalue weighted by Crippen LogP contribution is -2.41. The predicted molar refractivity (Wildman–Crippen MR) is 86.5 cm³/mol. The molecule has 1 aromatic rings. The van der Waals surface area contributed by atoms with Gasteiger partial charge in [0, 0.05) is 26.2 Å². The van der Waals surface area contributed by atoms with Crippen LogP contribution >= 0.6 is 0 Å². The number of nitrogens with zero attached hydrogens (tertiary/aromatic N) is 2. The summed E-state index contributed by atoms with van der Waals surface area (Å²) in [5, 5.41) is 0. The Hall–Kier alpha value is -1.84. The van der Waals surface area contributed by atoms with Gasteiger partial charge < -0.3 is 9.80 Å². The van der Waals surface area contributed by atoms with Gasteiger partial charge in [0.1, 0.15) is 6.54 Å². The molecule has 0 aliphatic heterocycles. The lowest BCUT2D eigenvalue weighted by Gasteiger charge is -2.25. The van der Waals surface area contributed by atoms with Crippen molar-refractivity contribution in [3.05, 3.63) is 29.3 Å². The summed E-state index contributed by atoms with van der Waals surface area (Å²) in [5.41, 5.74) is 2.96. The lowest BCUT2D eigenvalue weighted by atomic mass is 10.1. The first-order valence-corrected chi connectivity index (χ1v) is 7.46. The number of rotatable bonds is 6. The van der Waals surface area contributed by atoms with Gasteiger partial charge in [-0.2, -0.15) is 0 Å². The molecule has 0 spiro atoms. The van der Waals surface area contributed by atoms with Crippen molar-refractivity contribution in [2.45, 2.75) is 40.5 Å². The normalized spacial score (nSPS) is 10.3. The van der Waals surface area contributed by atoms with Gasteiger partial charge in [-0.1, -0.05) is 31.0 Å². The molecule has 0 radical (unpaired) electrons. The van der Waals surface area contributed by atoms with Gasteiger partial charge in [-0.3, -0.25) is 9.59 Å². The molecule has 116 valence electrons. The number of hydrogen-bond acceptors (Lipinski definition) is 2. The van der Waals surface area contributed by atoms with Crippen molar-refractivity contribution in [2.24, 2.45) is 0 Å². The first-order valence-electron chi connectivity index (χ1n) is 7.46. The van der Waals surface area contributed by atoms with Gasteiger partial charge in [-0.05, 0) is 31.9 Å². The summed E-state index contributed by atoms with van der Waals surface area (Å²) in [4.78, 5) is 27.4. The van der Waals surface area contributed by atoms with Crippen LogP contribution in [-0.2, 0) is 9.59 Å². The topological polar surface area (TPSA) is 40.6 Å². The number of carbonyl (C=O) groups is 2. The van der Waals surface area contributed by atoms with E-state index >= 15 is 0 Å². The zero-order valence-corrected chi connectivity index (χ0v) is 13.8. The molecule has 1 aromatic carbocycles. The first kappa shape index (κ1) is 17.2. The Labute approximate surface area is 127 Å². The molecule has 0 saturated heterocycles. The summed E-state index contributed by atoms with van der Waals surface area (Å²) in [5.74, 6) is -0.141. The average molecular weight is 290 g/mol. The van der Waals surface area contributed by atoms with E-state index in [1.165, 1.54) is 6.92 Å². The van der Waals surface area contributed by atoms with Crippen LogP contribution in [0.1, 0.15) is 37.8 Å². The number of aryl methyl sites for hydroxylation is 2. The van der Waals surface area contributed by atoms with E-state index in [0.29, 0.717) is 0 Å². The Morgan fingerprint density at radius 2 is 1.86 bits per heavy atom. The van der Waals surface area contributed by atoms with E-state index in [4.69, 9.17) is 0 Å². The molecule has 0 unspecified atom stereocenters. The maximum Gasteiger partial charge on any atom is 0.242 e. The predicted octanol–water partition coefficient (Wildman–Crippen LogP) is 2.91. The van der Waals surface area contributed by atoms with Gasteiger partial charge >= 0.3 is 0 Å². The third kappa shape index (κ3) is 4.88. The van der Waals surface area contributed by atoms with Gasteiger partial charge in [0.05, 0.1) is 0 Å². The Bertz CT molecular complexity index is 512. The van der Waals surface area contributed by atoms with Crippen LogP contribution in [0.2, 0.25) is 0 Å². The van der Waals surface area contributed by atoms with Crippen LogP contribution in [0.15, 0.2) is 18.2 Å². The number of carbonyl (C=O) groups excluding carboxylic acids is 2. The molecule has 4 heteroatoms. The molecule has 4 nitrogen and oxygen atoms in total. The Morgan fingerprint density at radius 3 is 2.38 bits per heavy atom. The SMILES string of the molecule is CCCCN(C)C(=O)CN(C(C)=O)c1ccc(C)cc1C. The van der Waals surface area contributed by atoms with Gasteiger partial charge in [0.15, 0.2) is 0 Å². The van der Waals surface area contributed by atoms with Crippen LogP contribution in [0.25, 0.3) is 0 Å². The van der Waals surface area contributed by atoms with Crippen molar-refractivity contribution in [2.75, 3.05) is 25.0 Å². The van der Waals surface area contributed by atoms with E-state index in [2.05, 4.69) is 6.92 Å². The molecule has 21 heavy (non-hydrogen) atoms. The highest BCUT2D eigenvalue weighted by Crippen LogP contribution is 2.21. The van der Waals surface area contributed by atoms with Crippen molar-refractivity contribution in [3.8, 4) is 0 Å². The molecule has 0 fully saturated rings. The van der Waals surface area contributed by atoms with E-state index in [9.17, 15) is 9.59 Å². The van der Waals surface area contributed by atoms with Crippen molar-refractivity contribution in [3.63, 3.8) is 0 Å². The maximum absolute atomic E-state index is 12.2. The van der Waals surface area contributed by atoms with Crippen LogP contribution in [0, 0.1) is 13.8 Å². The van der Waals surface area contributed by atoms with Crippen LogP contribution in [0.3, 0.4) is 0 Å². The molecular formula is C17H26N2O2. The van der Waals surface area contributed by atoms with Gasteiger partial charge in [0.2, 0.25) is 11.8 Å². The van der Waals surface area contributed by atoms with Crippen molar-refractivity contribution in [1.82, 2.24) is 4.90 Å². The summed E-state index contributed by atoms with van der Waals surface area (Å²) < 4.78 is 0. The zero-order valence-electron chi connectivity index (χ0n) is 13.8. The summed E-state index contributed by atoms with van der Waals surface area (Å²) in [6, 6.07) is 5.89. The molecule has 0 atom stereocenters. The van der Waals surface area contributed by atoms with Gasteiger partial charge in [-0.15, -0.1) is 0 Å². The molecule has 0 heterocycles. The van der Waals surface area contributed by atoms with Crippen LogP contribution in [0.4, 0.5) is 5.69 Å². The number of amides is 2. The molecule has 0 aromatic heterocycles. The Balaban J connectivity index is 2.88. The second-order valence-corrected chi connectivity index (χ2v) is 5.56. The van der Waals surface area contributed by atoms with Crippen LogP contribution in [0.5, 0.6) is 0 Å². The van der Waals surface area contributed by atoms with Gasteiger partial charge in [-0.25, -0.2) is 0 Å². The van der Waals surface area contributed by atoms with Gasteiger partial charge in [0.25, 0.3) is 0 Å². The largest absolute Gasteiger partial charge is 0.344 e. The number of hydrogen-bond donors (Lipinski definition) is 0. The van der Waals surface area contributed by atoms with E-state index in [0.717, 1.165) is 36.2 Å². The van der Waals surface area contributed by atoms with Crippen molar-refractivity contribution < 1.29 is 9.59 Å². The lowest BCUT2D eigenvalue weighted by molar-refractivity contribution is -0.130. The third-order valence-electron chi connectivity index (χ3n) is 3.59. The third-order valence-corrected chi connectivity index (χ3v) is 3.59. The van der Waals surface area contributed by atoms with E-state index in [-0.39, 0.29) is 18.4 Å².